The maximum atomic E-state index is 12.2. The first-order chi connectivity index (χ1) is 12.1. The number of nitrogens with one attached hydrogen (secondary N) is 2. The Balaban J connectivity index is 1.54. The van der Waals surface area contributed by atoms with Gasteiger partial charge in [-0.2, -0.15) is 0 Å². The Kier molecular flexibility index (Phi) is 5.73. The summed E-state index contributed by atoms with van der Waals surface area (Å²) in [5.41, 5.74) is 1.96. The molecule has 0 aliphatic heterocycles. The molecule has 0 aliphatic carbocycles. The first-order valence-electron chi connectivity index (χ1n) is 7.78. The smallest absolute Gasteiger partial charge is 0.233 e. The molecule has 2 aromatic carbocycles. The van der Waals surface area contributed by atoms with E-state index in [4.69, 9.17) is 11.6 Å². The molecule has 128 valence electrons. The summed E-state index contributed by atoms with van der Waals surface area (Å²) in [5, 5.41) is 10.9. The van der Waals surface area contributed by atoms with Gasteiger partial charge in [0.15, 0.2) is 5.82 Å². The van der Waals surface area contributed by atoms with Gasteiger partial charge in [0.1, 0.15) is 0 Å². The molecule has 0 fully saturated rings. The number of carbonyl (C=O) groups is 1. The molecule has 0 saturated heterocycles. The van der Waals surface area contributed by atoms with Gasteiger partial charge < -0.3 is 5.32 Å². The third-order valence-corrected chi connectivity index (χ3v) is 4.76. The molecule has 1 aromatic heterocycles. The zero-order valence-corrected chi connectivity index (χ0v) is 15.1. The van der Waals surface area contributed by atoms with Crippen molar-refractivity contribution >= 4 is 29.3 Å². The van der Waals surface area contributed by atoms with Crippen LogP contribution in [0, 0.1) is 0 Å². The summed E-state index contributed by atoms with van der Waals surface area (Å²) < 4.78 is 0. The highest BCUT2D eigenvalue weighted by Crippen LogP contribution is 2.22. The number of hydrogen-bond acceptors (Lipinski definition) is 4. The molecule has 1 atom stereocenters. The third-order valence-electron chi connectivity index (χ3n) is 3.54. The molecular weight excluding hydrogens is 356 g/mol. The van der Waals surface area contributed by atoms with Crippen molar-refractivity contribution in [3.63, 3.8) is 0 Å². The third kappa shape index (κ3) is 4.84. The minimum atomic E-state index is -0.299. The van der Waals surface area contributed by atoms with E-state index in [1.165, 1.54) is 11.8 Å². The quantitative estimate of drug-likeness (QED) is 0.643. The Morgan fingerprint density at radius 3 is 2.64 bits per heavy atom. The van der Waals surface area contributed by atoms with Crippen LogP contribution < -0.4 is 5.32 Å². The maximum Gasteiger partial charge on any atom is 0.233 e. The van der Waals surface area contributed by atoms with E-state index in [0.29, 0.717) is 22.5 Å². The molecule has 2 N–H and O–H groups in total. The van der Waals surface area contributed by atoms with Gasteiger partial charge in [0, 0.05) is 17.1 Å². The van der Waals surface area contributed by atoms with Gasteiger partial charge in [-0.05, 0) is 24.6 Å². The van der Waals surface area contributed by atoms with Crippen LogP contribution in [0.25, 0.3) is 11.4 Å². The number of carbonyl (C=O) groups excluding carboxylic acids is 1. The standard InChI is InChI=1S/C18H17ClN4OS/c1-12(17(24)20-11-13-7-9-15(19)10-8-13)25-18-21-16(22-23-18)14-5-3-2-4-6-14/h2-10,12H,11H2,1H3,(H,20,24)(H,21,22,23). The molecule has 0 radical (unpaired) electrons. The van der Waals surface area contributed by atoms with Crippen molar-refractivity contribution in [2.24, 2.45) is 0 Å². The van der Waals surface area contributed by atoms with Gasteiger partial charge in [-0.15, -0.1) is 5.10 Å². The molecule has 7 heteroatoms. The number of benzene rings is 2. The summed E-state index contributed by atoms with van der Waals surface area (Å²) in [6.07, 6.45) is 0. The Bertz CT molecular complexity index is 836. The molecule has 1 heterocycles. The van der Waals surface area contributed by atoms with Crippen LogP contribution in [0.15, 0.2) is 59.8 Å². The van der Waals surface area contributed by atoms with Crippen LogP contribution in [0.1, 0.15) is 12.5 Å². The molecule has 3 rings (SSSR count). The zero-order chi connectivity index (χ0) is 17.6. The molecule has 5 nitrogen and oxygen atoms in total. The number of halogens is 1. The second-order valence-corrected chi connectivity index (χ2v) is 7.18. The molecule has 0 spiro atoms. The Hall–Kier alpha value is -2.31. The average Bonchev–Trinajstić information content (AvgIpc) is 3.10. The average molecular weight is 373 g/mol. The highest BCUT2D eigenvalue weighted by atomic mass is 35.5. The van der Waals surface area contributed by atoms with Crippen LogP contribution in [0.2, 0.25) is 5.02 Å². The largest absolute Gasteiger partial charge is 0.351 e. The summed E-state index contributed by atoms with van der Waals surface area (Å²) in [4.78, 5) is 16.7. The molecule has 0 aliphatic rings. The van der Waals surface area contributed by atoms with E-state index >= 15 is 0 Å². The monoisotopic (exact) mass is 372 g/mol. The van der Waals surface area contributed by atoms with E-state index in [0.717, 1.165) is 11.1 Å². The molecule has 0 saturated carbocycles. The Morgan fingerprint density at radius 2 is 1.92 bits per heavy atom. The van der Waals surface area contributed by atoms with Crippen molar-refractivity contribution in [2.75, 3.05) is 0 Å². The molecule has 3 aromatic rings. The number of aromatic amines is 1. The van der Waals surface area contributed by atoms with E-state index in [2.05, 4.69) is 20.5 Å². The summed E-state index contributed by atoms with van der Waals surface area (Å²) in [7, 11) is 0. The highest BCUT2D eigenvalue weighted by molar-refractivity contribution is 8.00. The predicted octanol–water partition coefficient (Wildman–Crippen LogP) is 3.92. The normalized spacial score (nSPS) is 11.9. The second kappa shape index (κ2) is 8.18. The van der Waals surface area contributed by atoms with Gasteiger partial charge in [0.05, 0.1) is 5.25 Å². The topological polar surface area (TPSA) is 70.7 Å². The van der Waals surface area contributed by atoms with Crippen LogP contribution in [0.5, 0.6) is 0 Å². The lowest BCUT2D eigenvalue weighted by Crippen LogP contribution is -2.30. The minimum absolute atomic E-state index is 0.0639. The molecule has 25 heavy (non-hydrogen) atoms. The van der Waals surface area contributed by atoms with Gasteiger partial charge in [0.2, 0.25) is 11.1 Å². The van der Waals surface area contributed by atoms with Crippen molar-refractivity contribution in [1.29, 1.82) is 0 Å². The van der Waals surface area contributed by atoms with E-state index in [-0.39, 0.29) is 11.2 Å². The number of rotatable bonds is 6. The SMILES string of the molecule is CC(Sc1n[nH]c(-c2ccccc2)n1)C(=O)NCc1ccc(Cl)cc1. The number of aromatic nitrogens is 3. The first kappa shape index (κ1) is 17.5. The number of thioether (sulfide) groups is 1. The van der Waals surface area contributed by atoms with Crippen LogP contribution in [0.3, 0.4) is 0 Å². The van der Waals surface area contributed by atoms with Crippen LogP contribution in [0.4, 0.5) is 0 Å². The van der Waals surface area contributed by atoms with Crippen LogP contribution in [-0.2, 0) is 11.3 Å². The zero-order valence-electron chi connectivity index (χ0n) is 13.6. The number of nitrogens with zero attached hydrogens (tertiary/aromatic N) is 2. The highest BCUT2D eigenvalue weighted by Gasteiger charge is 2.17. The second-order valence-electron chi connectivity index (χ2n) is 5.44. The minimum Gasteiger partial charge on any atom is -0.351 e. The van der Waals surface area contributed by atoms with E-state index in [9.17, 15) is 4.79 Å². The summed E-state index contributed by atoms with van der Waals surface area (Å²) in [6.45, 7) is 2.30. The molecule has 1 amide bonds. The van der Waals surface area contributed by atoms with Crippen molar-refractivity contribution in [3.8, 4) is 11.4 Å². The number of amides is 1. The molecule has 0 bridgehead atoms. The predicted molar refractivity (Wildman–Crippen MR) is 100 cm³/mol. The van der Waals surface area contributed by atoms with Crippen molar-refractivity contribution in [2.45, 2.75) is 23.9 Å². The lowest BCUT2D eigenvalue weighted by Gasteiger charge is -2.10. The lowest BCUT2D eigenvalue weighted by atomic mass is 10.2. The van der Waals surface area contributed by atoms with E-state index in [1.807, 2.05) is 49.4 Å². The van der Waals surface area contributed by atoms with Gasteiger partial charge in [-0.1, -0.05) is 65.8 Å². The van der Waals surface area contributed by atoms with Crippen molar-refractivity contribution in [3.05, 3.63) is 65.2 Å². The van der Waals surface area contributed by atoms with Crippen molar-refractivity contribution < 1.29 is 4.79 Å². The van der Waals surface area contributed by atoms with E-state index < -0.39 is 0 Å². The van der Waals surface area contributed by atoms with Gasteiger partial charge in [-0.25, -0.2) is 4.98 Å². The summed E-state index contributed by atoms with van der Waals surface area (Å²) >= 11 is 7.17. The first-order valence-corrected chi connectivity index (χ1v) is 9.04. The van der Waals surface area contributed by atoms with Gasteiger partial charge in [-0.3, -0.25) is 9.89 Å². The molecule has 1 unspecified atom stereocenters. The fraction of sp³-hybridized carbons (Fsp3) is 0.167. The summed E-state index contributed by atoms with van der Waals surface area (Å²) in [6, 6.07) is 17.1. The number of H-pyrrole nitrogens is 1. The van der Waals surface area contributed by atoms with Crippen LogP contribution >= 0.6 is 23.4 Å². The van der Waals surface area contributed by atoms with Crippen LogP contribution in [-0.4, -0.2) is 26.3 Å². The Labute approximate surface area is 155 Å². The summed E-state index contributed by atoms with van der Waals surface area (Å²) in [5.74, 6) is 0.628. The fourth-order valence-corrected chi connectivity index (χ4v) is 3.05. The Morgan fingerprint density at radius 1 is 1.20 bits per heavy atom. The number of hydrogen-bond donors (Lipinski definition) is 2. The lowest BCUT2D eigenvalue weighted by molar-refractivity contribution is -0.120. The van der Waals surface area contributed by atoms with E-state index in [1.54, 1.807) is 12.1 Å². The maximum absolute atomic E-state index is 12.2. The van der Waals surface area contributed by atoms with Gasteiger partial charge >= 0.3 is 0 Å². The van der Waals surface area contributed by atoms with Gasteiger partial charge in [0.25, 0.3) is 0 Å². The molecular formula is C18H17ClN4OS. The fourth-order valence-electron chi connectivity index (χ4n) is 2.17. The van der Waals surface area contributed by atoms with Crippen molar-refractivity contribution in [1.82, 2.24) is 20.5 Å².